The molecule has 1 saturated heterocycles. The molecule has 1 fully saturated rings. The van der Waals surface area contributed by atoms with Crippen LogP contribution in [0.15, 0.2) is 22.7 Å². The Morgan fingerprint density at radius 2 is 2.05 bits per heavy atom. The number of halogens is 3. The Labute approximate surface area is 117 Å². The van der Waals surface area contributed by atoms with Gasteiger partial charge >= 0.3 is 6.61 Å². The summed E-state index contributed by atoms with van der Waals surface area (Å²) in [7, 11) is 0. The van der Waals surface area contributed by atoms with Crippen molar-refractivity contribution in [3.8, 4) is 5.75 Å². The lowest BCUT2D eigenvalue weighted by atomic mass is 10.2. The molecule has 0 spiro atoms. The first-order chi connectivity index (χ1) is 9.08. The predicted molar refractivity (Wildman–Crippen MR) is 67.5 cm³/mol. The highest BCUT2D eigenvalue weighted by Crippen LogP contribution is 2.28. The van der Waals surface area contributed by atoms with Crippen LogP contribution in [-0.4, -0.2) is 43.7 Å². The van der Waals surface area contributed by atoms with E-state index < -0.39 is 6.61 Å². The number of carbonyl (C=O) groups excluding carboxylic acids is 1. The van der Waals surface area contributed by atoms with Gasteiger partial charge in [-0.05, 0) is 34.1 Å². The zero-order valence-corrected chi connectivity index (χ0v) is 11.5. The molecule has 0 aliphatic carbocycles. The molecule has 0 unspecified atom stereocenters. The second-order valence-corrected chi connectivity index (χ2v) is 4.78. The van der Waals surface area contributed by atoms with Crippen LogP contribution in [0.3, 0.4) is 0 Å². The number of amides is 1. The molecule has 4 nitrogen and oxygen atoms in total. The van der Waals surface area contributed by atoms with Crippen molar-refractivity contribution in [2.45, 2.75) is 6.61 Å². The van der Waals surface area contributed by atoms with Crippen LogP contribution in [-0.2, 0) is 4.74 Å². The van der Waals surface area contributed by atoms with E-state index in [1.165, 1.54) is 12.1 Å². The Hall–Kier alpha value is -1.21. The van der Waals surface area contributed by atoms with Crippen molar-refractivity contribution in [3.05, 3.63) is 28.2 Å². The van der Waals surface area contributed by atoms with Gasteiger partial charge in [-0.2, -0.15) is 8.78 Å². The fourth-order valence-electron chi connectivity index (χ4n) is 1.77. The van der Waals surface area contributed by atoms with Crippen molar-refractivity contribution in [3.63, 3.8) is 0 Å². The van der Waals surface area contributed by atoms with Crippen LogP contribution >= 0.6 is 15.9 Å². The van der Waals surface area contributed by atoms with Crippen LogP contribution in [0, 0.1) is 0 Å². The smallest absolute Gasteiger partial charge is 0.387 e. The number of hydrogen-bond acceptors (Lipinski definition) is 3. The minimum Gasteiger partial charge on any atom is -0.434 e. The molecule has 1 aliphatic heterocycles. The average Bonchev–Trinajstić information content (AvgIpc) is 2.41. The van der Waals surface area contributed by atoms with Gasteiger partial charge in [0.05, 0.1) is 17.7 Å². The number of alkyl halides is 2. The number of nitrogens with zero attached hydrogens (tertiary/aromatic N) is 1. The molecule has 0 radical (unpaired) electrons. The molecule has 7 heteroatoms. The summed E-state index contributed by atoms with van der Waals surface area (Å²) >= 11 is 3.10. The number of morpholine rings is 1. The van der Waals surface area contributed by atoms with E-state index >= 15 is 0 Å². The van der Waals surface area contributed by atoms with Crippen molar-refractivity contribution in [1.82, 2.24) is 4.90 Å². The minimum absolute atomic E-state index is 0.0471. The topological polar surface area (TPSA) is 38.8 Å². The quantitative estimate of drug-likeness (QED) is 0.852. The van der Waals surface area contributed by atoms with Crippen molar-refractivity contribution in [1.29, 1.82) is 0 Å². The molecule has 104 valence electrons. The van der Waals surface area contributed by atoms with Gasteiger partial charge in [-0.1, -0.05) is 0 Å². The zero-order valence-electron chi connectivity index (χ0n) is 9.94. The molecule has 0 N–H and O–H groups in total. The fourth-order valence-corrected chi connectivity index (χ4v) is 2.11. The maximum absolute atomic E-state index is 12.2. The summed E-state index contributed by atoms with van der Waals surface area (Å²) in [6.45, 7) is -0.949. The van der Waals surface area contributed by atoms with Gasteiger partial charge in [-0.3, -0.25) is 4.79 Å². The highest BCUT2D eigenvalue weighted by Gasteiger charge is 2.20. The van der Waals surface area contributed by atoms with Crippen molar-refractivity contribution in [2.75, 3.05) is 26.3 Å². The summed E-state index contributed by atoms with van der Waals surface area (Å²) in [6, 6.07) is 4.40. The number of ether oxygens (including phenoxy) is 2. The van der Waals surface area contributed by atoms with E-state index in [0.717, 1.165) is 0 Å². The molecule has 0 atom stereocenters. The lowest BCUT2D eigenvalue weighted by Crippen LogP contribution is -2.40. The monoisotopic (exact) mass is 335 g/mol. The van der Waals surface area contributed by atoms with E-state index in [0.29, 0.717) is 36.3 Å². The molecular formula is C12H12BrF2NO3. The normalized spacial score (nSPS) is 15.7. The molecule has 1 aromatic carbocycles. The van der Waals surface area contributed by atoms with E-state index in [4.69, 9.17) is 4.74 Å². The Morgan fingerprint density at radius 3 is 2.68 bits per heavy atom. The predicted octanol–water partition coefficient (Wildman–Crippen LogP) is 2.52. The van der Waals surface area contributed by atoms with Crippen molar-refractivity contribution >= 4 is 21.8 Å². The summed E-state index contributed by atoms with van der Waals surface area (Å²) in [5.41, 5.74) is 0.320. The van der Waals surface area contributed by atoms with Crippen LogP contribution < -0.4 is 4.74 Å². The maximum atomic E-state index is 12.2. The number of hydrogen-bond donors (Lipinski definition) is 0. The SMILES string of the molecule is O=C(c1ccc(Br)c(OC(F)F)c1)N1CCOCC1. The van der Waals surface area contributed by atoms with Gasteiger partial charge in [-0.25, -0.2) is 0 Å². The van der Waals surface area contributed by atoms with Gasteiger partial charge in [-0.15, -0.1) is 0 Å². The van der Waals surface area contributed by atoms with Crippen LogP contribution in [0.4, 0.5) is 8.78 Å². The lowest BCUT2D eigenvalue weighted by molar-refractivity contribution is -0.0504. The average molecular weight is 336 g/mol. The number of benzene rings is 1. The summed E-state index contributed by atoms with van der Waals surface area (Å²) in [5.74, 6) is -0.260. The number of rotatable bonds is 3. The van der Waals surface area contributed by atoms with Crippen LogP contribution in [0.5, 0.6) is 5.75 Å². The molecule has 19 heavy (non-hydrogen) atoms. The third kappa shape index (κ3) is 3.63. The first-order valence-corrected chi connectivity index (χ1v) is 6.48. The van der Waals surface area contributed by atoms with Gasteiger partial charge in [0.1, 0.15) is 5.75 Å². The van der Waals surface area contributed by atoms with Crippen molar-refractivity contribution in [2.24, 2.45) is 0 Å². The Bertz CT molecular complexity index is 464. The van der Waals surface area contributed by atoms with Crippen LogP contribution in [0.2, 0.25) is 0 Å². The first-order valence-electron chi connectivity index (χ1n) is 5.69. The van der Waals surface area contributed by atoms with E-state index in [2.05, 4.69) is 20.7 Å². The maximum Gasteiger partial charge on any atom is 0.387 e. The van der Waals surface area contributed by atoms with Gasteiger partial charge in [0.2, 0.25) is 0 Å². The first kappa shape index (κ1) is 14.2. The Balaban J connectivity index is 2.17. The third-order valence-corrected chi connectivity index (χ3v) is 3.35. The van der Waals surface area contributed by atoms with Crippen molar-refractivity contribution < 1.29 is 23.0 Å². The highest BCUT2D eigenvalue weighted by atomic mass is 79.9. The number of carbonyl (C=O) groups is 1. The van der Waals surface area contributed by atoms with Gasteiger partial charge in [0, 0.05) is 18.7 Å². The van der Waals surface area contributed by atoms with E-state index in [9.17, 15) is 13.6 Å². The van der Waals surface area contributed by atoms with E-state index in [1.807, 2.05) is 0 Å². The fraction of sp³-hybridized carbons (Fsp3) is 0.417. The van der Waals surface area contributed by atoms with Gasteiger partial charge in [0.15, 0.2) is 0 Å². The zero-order chi connectivity index (χ0) is 13.8. The molecular weight excluding hydrogens is 324 g/mol. The largest absolute Gasteiger partial charge is 0.434 e. The van der Waals surface area contributed by atoms with Crippen LogP contribution in [0.1, 0.15) is 10.4 Å². The van der Waals surface area contributed by atoms with E-state index in [1.54, 1.807) is 11.0 Å². The molecule has 1 aliphatic rings. The van der Waals surface area contributed by atoms with Crippen LogP contribution in [0.25, 0.3) is 0 Å². The molecule has 1 amide bonds. The van der Waals surface area contributed by atoms with Gasteiger partial charge in [0.25, 0.3) is 5.91 Å². The van der Waals surface area contributed by atoms with Gasteiger partial charge < -0.3 is 14.4 Å². The molecule has 0 bridgehead atoms. The second kappa shape index (κ2) is 6.29. The molecule has 1 aromatic rings. The standard InChI is InChI=1S/C12H12BrF2NO3/c13-9-2-1-8(7-10(9)19-12(14)15)11(17)16-3-5-18-6-4-16/h1-2,7,12H,3-6H2. The summed E-state index contributed by atoms with van der Waals surface area (Å²) < 4.78 is 34.4. The minimum atomic E-state index is -2.93. The van der Waals surface area contributed by atoms with E-state index in [-0.39, 0.29) is 11.7 Å². The third-order valence-electron chi connectivity index (χ3n) is 2.69. The summed E-state index contributed by atoms with van der Waals surface area (Å²) in [5, 5.41) is 0. The summed E-state index contributed by atoms with van der Waals surface area (Å²) in [4.78, 5) is 13.8. The summed E-state index contributed by atoms with van der Waals surface area (Å²) in [6.07, 6.45) is 0. The second-order valence-electron chi connectivity index (χ2n) is 3.93. The lowest BCUT2D eigenvalue weighted by Gasteiger charge is -2.27. The Morgan fingerprint density at radius 1 is 1.37 bits per heavy atom. The highest BCUT2D eigenvalue weighted by molar-refractivity contribution is 9.10. The molecule has 1 heterocycles. The molecule has 0 aromatic heterocycles. The molecule has 2 rings (SSSR count). The Kier molecular flexibility index (Phi) is 4.71. The molecule has 0 saturated carbocycles.